The number of hydrogen-bond donors (Lipinski definition) is 2. The first-order valence-corrected chi connectivity index (χ1v) is 7.58. The molecule has 6 heteroatoms. The molecule has 3 rings (SSSR count). The van der Waals surface area contributed by atoms with Gasteiger partial charge in [0, 0.05) is 17.5 Å². The molecule has 2 aromatic heterocycles. The summed E-state index contributed by atoms with van der Waals surface area (Å²) >= 11 is 0. The SMILES string of the molecule is Cc1cc(C)n(Cc2cccc(C(=O)Nc3ncccc3O)c2)n1. The Bertz CT molecular complexity index is 886. The van der Waals surface area contributed by atoms with Gasteiger partial charge in [0.25, 0.3) is 5.91 Å². The summed E-state index contributed by atoms with van der Waals surface area (Å²) in [6.45, 7) is 4.54. The van der Waals surface area contributed by atoms with E-state index in [1.165, 1.54) is 12.3 Å². The van der Waals surface area contributed by atoms with Crippen molar-refractivity contribution in [3.05, 3.63) is 71.2 Å². The van der Waals surface area contributed by atoms with E-state index < -0.39 is 0 Å². The molecule has 0 aliphatic heterocycles. The molecule has 24 heavy (non-hydrogen) atoms. The van der Waals surface area contributed by atoms with Crippen LogP contribution in [-0.2, 0) is 6.54 Å². The lowest BCUT2D eigenvalue weighted by molar-refractivity contribution is 0.102. The van der Waals surface area contributed by atoms with Crippen LogP contribution in [-0.4, -0.2) is 25.8 Å². The van der Waals surface area contributed by atoms with Gasteiger partial charge in [-0.05, 0) is 49.7 Å². The number of carbonyl (C=O) groups excluding carboxylic acids is 1. The maximum atomic E-state index is 12.4. The summed E-state index contributed by atoms with van der Waals surface area (Å²) in [6, 6.07) is 12.4. The first-order chi connectivity index (χ1) is 11.5. The lowest BCUT2D eigenvalue weighted by Crippen LogP contribution is -2.13. The van der Waals surface area contributed by atoms with E-state index in [0.29, 0.717) is 12.1 Å². The Morgan fingerprint density at radius 2 is 2.04 bits per heavy atom. The van der Waals surface area contributed by atoms with Crippen molar-refractivity contribution < 1.29 is 9.90 Å². The highest BCUT2D eigenvalue weighted by Crippen LogP contribution is 2.19. The van der Waals surface area contributed by atoms with Gasteiger partial charge in [0.15, 0.2) is 11.6 Å². The van der Waals surface area contributed by atoms with Crippen LogP contribution in [0.15, 0.2) is 48.7 Å². The van der Waals surface area contributed by atoms with Gasteiger partial charge in [-0.25, -0.2) is 4.98 Å². The van der Waals surface area contributed by atoms with E-state index in [-0.39, 0.29) is 17.5 Å². The minimum atomic E-state index is -0.320. The van der Waals surface area contributed by atoms with Gasteiger partial charge >= 0.3 is 0 Å². The molecular formula is C18H18N4O2. The van der Waals surface area contributed by atoms with Crippen LogP contribution in [0.1, 0.15) is 27.3 Å². The van der Waals surface area contributed by atoms with E-state index >= 15 is 0 Å². The zero-order valence-electron chi connectivity index (χ0n) is 13.5. The lowest BCUT2D eigenvalue weighted by atomic mass is 10.1. The quantitative estimate of drug-likeness (QED) is 0.774. The molecular weight excluding hydrogens is 304 g/mol. The van der Waals surface area contributed by atoms with E-state index in [9.17, 15) is 9.90 Å². The second-order valence-corrected chi connectivity index (χ2v) is 5.61. The van der Waals surface area contributed by atoms with Crippen molar-refractivity contribution in [2.75, 3.05) is 5.32 Å². The highest BCUT2D eigenvalue weighted by atomic mass is 16.3. The van der Waals surface area contributed by atoms with Crippen LogP contribution in [0.5, 0.6) is 5.75 Å². The molecule has 0 atom stereocenters. The summed E-state index contributed by atoms with van der Waals surface area (Å²) in [4.78, 5) is 16.3. The second-order valence-electron chi connectivity index (χ2n) is 5.61. The fourth-order valence-corrected chi connectivity index (χ4v) is 2.49. The molecule has 0 unspecified atom stereocenters. The molecule has 0 fully saturated rings. The highest BCUT2D eigenvalue weighted by molar-refractivity contribution is 6.04. The van der Waals surface area contributed by atoms with Crippen LogP contribution in [0.3, 0.4) is 0 Å². The van der Waals surface area contributed by atoms with Crippen molar-refractivity contribution >= 4 is 11.7 Å². The monoisotopic (exact) mass is 322 g/mol. The lowest BCUT2D eigenvalue weighted by Gasteiger charge is -2.08. The molecule has 122 valence electrons. The summed E-state index contributed by atoms with van der Waals surface area (Å²) in [5.74, 6) is -0.240. The molecule has 1 aromatic carbocycles. The van der Waals surface area contributed by atoms with Crippen molar-refractivity contribution in [3.63, 3.8) is 0 Å². The van der Waals surface area contributed by atoms with Gasteiger partial charge in [0.1, 0.15) is 0 Å². The number of hydrogen-bond acceptors (Lipinski definition) is 4. The number of carbonyl (C=O) groups is 1. The zero-order chi connectivity index (χ0) is 17.1. The largest absolute Gasteiger partial charge is 0.504 e. The second kappa shape index (κ2) is 6.54. The first-order valence-electron chi connectivity index (χ1n) is 7.58. The Hall–Kier alpha value is -3.15. The third-order valence-electron chi connectivity index (χ3n) is 3.64. The van der Waals surface area contributed by atoms with E-state index in [1.54, 1.807) is 12.1 Å². The molecule has 3 aromatic rings. The Labute approximate surface area is 139 Å². The minimum Gasteiger partial charge on any atom is -0.504 e. The number of amides is 1. The van der Waals surface area contributed by atoms with Crippen molar-refractivity contribution in [1.29, 1.82) is 0 Å². The Morgan fingerprint density at radius 3 is 2.75 bits per heavy atom. The normalized spacial score (nSPS) is 10.6. The summed E-state index contributed by atoms with van der Waals surface area (Å²) in [5.41, 5.74) is 3.51. The van der Waals surface area contributed by atoms with Gasteiger partial charge in [0.2, 0.25) is 0 Å². The molecule has 1 amide bonds. The molecule has 0 spiro atoms. The van der Waals surface area contributed by atoms with Crippen LogP contribution < -0.4 is 5.32 Å². The van der Waals surface area contributed by atoms with Gasteiger partial charge in [-0.15, -0.1) is 0 Å². The average Bonchev–Trinajstić information content (AvgIpc) is 2.87. The minimum absolute atomic E-state index is 0.0651. The van der Waals surface area contributed by atoms with Crippen LogP contribution in [0.25, 0.3) is 0 Å². The third kappa shape index (κ3) is 3.43. The predicted molar refractivity (Wildman–Crippen MR) is 91.1 cm³/mol. The van der Waals surface area contributed by atoms with Crippen LogP contribution >= 0.6 is 0 Å². The molecule has 0 aliphatic rings. The molecule has 2 N–H and O–H groups in total. The van der Waals surface area contributed by atoms with Crippen LogP contribution in [0.4, 0.5) is 5.82 Å². The number of rotatable bonds is 4. The molecule has 0 saturated heterocycles. The van der Waals surface area contributed by atoms with Gasteiger partial charge in [-0.1, -0.05) is 12.1 Å². The molecule has 0 saturated carbocycles. The van der Waals surface area contributed by atoms with Crippen molar-refractivity contribution in [2.45, 2.75) is 20.4 Å². The van der Waals surface area contributed by atoms with Gasteiger partial charge in [-0.3, -0.25) is 9.48 Å². The number of pyridine rings is 1. The maximum Gasteiger partial charge on any atom is 0.256 e. The summed E-state index contributed by atoms with van der Waals surface area (Å²) in [6.07, 6.45) is 1.51. The van der Waals surface area contributed by atoms with Crippen molar-refractivity contribution in [1.82, 2.24) is 14.8 Å². The molecule has 2 heterocycles. The van der Waals surface area contributed by atoms with E-state index in [0.717, 1.165) is 17.0 Å². The number of aryl methyl sites for hydroxylation is 2. The van der Waals surface area contributed by atoms with Gasteiger partial charge in [0.05, 0.1) is 12.2 Å². The smallest absolute Gasteiger partial charge is 0.256 e. The number of benzene rings is 1. The number of nitrogens with one attached hydrogen (secondary N) is 1. The Morgan fingerprint density at radius 1 is 1.21 bits per heavy atom. The van der Waals surface area contributed by atoms with Crippen molar-refractivity contribution in [2.24, 2.45) is 0 Å². The Kier molecular flexibility index (Phi) is 4.29. The summed E-state index contributed by atoms with van der Waals surface area (Å²) in [7, 11) is 0. The van der Waals surface area contributed by atoms with Gasteiger partial charge < -0.3 is 10.4 Å². The molecule has 0 aliphatic carbocycles. The number of aromatic hydroxyl groups is 1. The molecule has 0 bridgehead atoms. The standard InChI is InChI=1S/C18H18N4O2/c1-12-9-13(2)22(21-12)11-14-5-3-6-15(10-14)18(24)20-17-16(23)7-4-8-19-17/h3-10,23H,11H2,1-2H3,(H,19,20,24). The third-order valence-corrected chi connectivity index (χ3v) is 3.64. The van der Waals surface area contributed by atoms with Crippen molar-refractivity contribution in [3.8, 4) is 5.75 Å². The number of anilines is 1. The fraction of sp³-hybridized carbons (Fsp3) is 0.167. The number of nitrogens with zero attached hydrogens (tertiary/aromatic N) is 3. The summed E-state index contributed by atoms with van der Waals surface area (Å²) < 4.78 is 1.90. The molecule has 0 radical (unpaired) electrons. The Balaban J connectivity index is 1.78. The molecule has 6 nitrogen and oxygen atoms in total. The zero-order valence-corrected chi connectivity index (χ0v) is 13.5. The first kappa shape index (κ1) is 15.7. The van der Waals surface area contributed by atoms with E-state index in [2.05, 4.69) is 15.4 Å². The van der Waals surface area contributed by atoms with Gasteiger partial charge in [-0.2, -0.15) is 5.10 Å². The number of aromatic nitrogens is 3. The van der Waals surface area contributed by atoms with Crippen LogP contribution in [0.2, 0.25) is 0 Å². The van der Waals surface area contributed by atoms with E-state index in [1.807, 2.05) is 42.8 Å². The maximum absolute atomic E-state index is 12.4. The van der Waals surface area contributed by atoms with Crippen LogP contribution in [0, 0.1) is 13.8 Å². The highest BCUT2D eigenvalue weighted by Gasteiger charge is 2.11. The summed E-state index contributed by atoms with van der Waals surface area (Å²) in [5, 5.41) is 16.7. The predicted octanol–water partition coefficient (Wildman–Crippen LogP) is 2.90. The topological polar surface area (TPSA) is 80.0 Å². The van der Waals surface area contributed by atoms with E-state index in [4.69, 9.17) is 0 Å². The average molecular weight is 322 g/mol. The fourth-order valence-electron chi connectivity index (χ4n) is 2.49.